The molecule has 1 aromatic carbocycles. The molecule has 0 radical (unpaired) electrons. The number of rotatable bonds is 3. The third kappa shape index (κ3) is 2.67. The number of alkyl halides is 2. The van der Waals surface area contributed by atoms with Crippen LogP contribution in [0.2, 0.25) is 0 Å². The van der Waals surface area contributed by atoms with Crippen LogP contribution in [0.3, 0.4) is 0 Å². The Bertz CT molecular complexity index is 949. The Kier molecular flexibility index (Phi) is 3.48. The molecule has 0 amide bonds. The first kappa shape index (κ1) is 15.1. The number of thiophene rings is 1. The normalized spacial score (nSPS) is 19.2. The fraction of sp³-hybridized carbons (Fsp3) is 0.250. The summed E-state index contributed by atoms with van der Waals surface area (Å²) < 4.78 is 13.9. The summed E-state index contributed by atoms with van der Waals surface area (Å²) in [7, 11) is 0. The van der Waals surface area contributed by atoms with E-state index in [1.165, 1.54) is 29.8 Å². The average molecular weight is 369 g/mol. The second kappa shape index (κ2) is 5.30. The van der Waals surface area contributed by atoms with Crippen LogP contribution in [0.1, 0.15) is 6.42 Å². The summed E-state index contributed by atoms with van der Waals surface area (Å²) in [5.74, 6) is -0.242. The lowest BCUT2D eigenvalue weighted by atomic mass is 10.1. The highest BCUT2D eigenvalue weighted by atomic mass is 35.5. The standard InChI is InChI=1S/C16H11Cl2FN2OS/c17-16(18)5-10(16)6-21-8-20-14-13(15(21)22)12(7-23-14)9-1-3-11(19)4-2-9/h1-4,7-8,10H,5-6H2. The van der Waals surface area contributed by atoms with Crippen molar-refractivity contribution in [2.75, 3.05) is 0 Å². The summed E-state index contributed by atoms with van der Waals surface area (Å²) in [6, 6.07) is 6.09. The third-order valence-corrected chi connectivity index (χ3v) is 5.90. The molecule has 118 valence electrons. The van der Waals surface area contributed by atoms with Gasteiger partial charge in [-0.15, -0.1) is 34.5 Å². The minimum atomic E-state index is -0.733. The molecule has 4 rings (SSSR count). The molecular formula is C16H11Cl2FN2OS. The summed E-state index contributed by atoms with van der Waals surface area (Å²) in [5.41, 5.74) is 1.45. The maximum absolute atomic E-state index is 13.1. The van der Waals surface area contributed by atoms with E-state index >= 15 is 0 Å². The Labute approximate surface area is 145 Å². The van der Waals surface area contributed by atoms with Gasteiger partial charge >= 0.3 is 0 Å². The summed E-state index contributed by atoms with van der Waals surface area (Å²) in [5, 5.41) is 2.43. The molecule has 1 aliphatic carbocycles. The number of fused-ring (bicyclic) bond motifs is 1. The van der Waals surface area contributed by atoms with Crippen LogP contribution < -0.4 is 5.56 Å². The van der Waals surface area contributed by atoms with Crippen LogP contribution in [0, 0.1) is 11.7 Å². The van der Waals surface area contributed by atoms with Crippen LogP contribution in [-0.2, 0) is 6.54 Å². The third-order valence-electron chi connectivity index (χ3n) is 4.09. The van der Waals surface area contributed by atoms with Gasteiger partial charge in [0.05, 0.1) is 11.7 Å². The van der Waals surface area contributed by atoms with Gasteiger partial charge in [0, 0.05) is 23.4 Å². The van der Waals surface area contributed by atoms with E-state index in [1.54, 1.807) is 16.7 Å². The van der Waals surface area contributed by atoms with Gasteiger partial charge in [0.1, 0.15) is 15.0 Å². The van der Waals surface area contributed by atoms with Gasteiger partial charge in [-0.2, -0.15) is 0 Å². The molecule has 1 saturated carbocycles. The van der Waals surface area contributed by atoms with Gasteiger partial charge in [-0.05, 0) is 24.1 Å². The molecule has 2 heterocycles. The highest BCUT2D eigenvalue weighted by Gasteiger charge is 2.51. The molecular weight excluding hydrogens is 358 g/mol. The van der Waals surface area contributed by atoms with E-state index in [-0.39, 0.29) is 17.3 Å². The topological polar surface area (TPSA) is 34.9 Å². The van der Waals surface area contributed by atoms with Crippen LogP contribution in [0.5, 0.6) is 0 Å². The van der Waals surface area contributed by atoms with Gasteiger partial charge in [0.25, 0.3) is 5.56 Å². The number of hydrogen-bond donors (Lipinski definition) is 0. The number of benzene rings is 1. The maximum atomic E-state index is 13.1. The predicted molar refractivity (Wildman–Crippen MR) is 91.8 cm³/mol. The summed E-state index contributed by atoms with van der Waals surface area (Å²) >= 11 is 13.5. The zero-order valence-electron chi connectivity index (χ0n) is 11.8. The monoisotopic (exact) mass is 368 g/mol. The van der Waals surface area contributed by atoms with Crippen molar-refractivity contribution in [3.8, 4) is 11.1 Å². The molecule has 7 heteroatoms. The zero-order valence-corrected chi connectivity index (χ0v) is 14.1. The van der Waals surface area contributed by atoms with E-state index in [2.05, 4.69) is 4.98 Å². The fourth-order valence-corrected chi connectivity index (χ4v) is 4.06. The van der Waals surface area contributed by atoms with Crippen LogP contribution in [0.15, 0.2) is 40.8 Å². The molecule has 1 aliphatic rings. The van der Waals surface area contributed by atoms with E-state index in [0.29, 0.717) is 23.2 Å². The molecule has 0 N–H and O–H groups in total. The Morgan fingerprint density at radius 1 is 1.35 bits per heavy atom. The van der Waals surface area contributed by atoms with Crippen LogP contribution in [-0.4, -0.2) is 13.9 Å². The van der Waals surface area contributed by atoms with Crippen molar-refractivity contribution in [3.63, 3.8) is 0 Å². The Morgan fingerprint density at radius 2 is 2.04 bits per heavy atom. The quantitative estimate of drug-likeness (QED) is 0.639. The highest BCUT2D eigenvalue weighted by Crippen LogP contribution is 2.53. The van der Waals surface area contributed by atoms with Gasteiger partial charge in [0.2, 0.25) is 0 Å². The molecule has 0 spiro atoms. The van der Waals surface area contributed by atoms with Gasteiger partial charge in [-0.1, -0.05) is 12.1 Å². The van der Waals surface area contributed by atoms with Gasteiger partial charge in [0.15, 0.2) is 0 Å². The molecule has 0 saturated heterocycles. The van der Waals surface area contributed by atoms with Gasteiger partial charge < -0.3 is 0 Å². The lowest BCUT2D eigenvalue weighted by molar-refractivity contribution is 0.597. The Hall–Kier alpha value is -1.43. The van der Waals surface area contributed by atoms with Crippen LogP contribution in [0.25, 0.3) is 21.3 Å². The number of aromatic nitrogens is 2. The predicted octanol–water partition coefficient (Wildman–Crippen LogP) is 4.46. The van der Waals surface area contributed by atoms with E-state index < -0.39 is 4.33 Å². The molecule has 0 aliphatic heterocycles. The van der Waals surface area contributed by atoms with Crippen LogP contribution >= 0.6 is 34.5 Å². The first-order valence-corrected chi connectivity index (χ1v) is 8.70. The SMILES string of the molecule is O=c1c2c(-c3ccc(F)cc3)csc2ncn1CC1CC1(Cl)Cl. The minimum Gasteiger partial charge on any atom is -0.298 e. The molecule has 0 bridgehead atoms. The Morgan fingerprint density at radius 3 is 2.70 bits per heavy atom. The number of nitrogens with zero attached hydrogens (tertiary/aromatic N) is 2. The first-order valence-electron chi connectivity index (χ1n) is 7.06. The molecule has 1 unspecified atom stereocenters. The second-order valence-corrected chi connectivity index (χ2v) is 8.10. The summed E-state index contributed by atoms with van der Waals surface area (Å²) in [6.07, 6.45) is 2.22. The van der Waals surface area contributed by atoms with E-state index in [4.69, 9.17) is 23.2 Å². The fourth-order valence-electron chi connectivity index (χ4n) is 2.64. The van der Waals surface area contributed by atoms with Gasteiger partial charge in [-0.3, -0.25) is 9.36 Å². The van der Waals surface area contributed by atoms with Crippen molar-refractivity contribution in [3.05, 3.63) is 52.1 Å². The van der Waals surface area contributed by atoms with Crippen LogP contribution in [0.4, 0.5) is 4.39 Å². The van der Waals surface area contributed by atoms with Crippen molar-refractivity contribution in [2.24, 2.45) is 5.92 Å². The summed E-state index contributed by atoms with van der Waals surface area (Å²) in [6.45, 7) is 0.452. The van der Waals surface area contributed by atoms with Crippen molar-refractivity contribution in [2.45, 2.75) is 17.3 Å². The Balaban J connectivity index is 1.81. The van der Waals surface area contributed by atoms with Crippen molar-refractivity contribution in [1.82, 2.24) is 9.55 Å². The maximum Gasteiger partial charge on any atom is 0.262 e. The van der Waals surface area contributed by atoms with Crippen molar-refractivity contribution >= 4 is 44.8 Å². The number of hydrogen-bond acceptors (Lipinski definition) is 3. The zero-order chi connectivity index (χ0) is 16.2. The van der Waals surface area contributed by atoms with Crippen molar-refractivity contribution in [1.29, 1.82) is 0 Å². The van der Waals surface area contributed by atoms with E-state index in [1.807, 2.05) is 5.38 Å². The largest absolute Gasteiger partial charge is 0.298 e. The molecule has 23 heavy (non-hydrogen) atoms. The smallest absolute Gasteiger partial charge is 0.262 e. The molecule has 3 aromatic rings. The highest BCUT2D eigenvalue weighted by molar-refractivity contribution is 7.17. The molecule has 2 aromatic heterocycles. The van der Waals surface area contributed by atoms with Crippen molar-refractivity contribution < 1.29 is 4.39 Å². The minimum absolute atomic E-state index is 0.0655. The molecule has 1 fully saturated rings. The first-order chi connectivity index (χ1) is 11.0. The number of halogens is 3. The van der Waals surface area contributed by atoms with Gasteiger partial charge in [-0.25, -0.2) is 9.37 Å². The molecule has 3 nitrogen and oxygen atoms in total. The van der Waals surface area contributed by atoms with E-state index in [9.17, 15) is 9.18 Å². The average Bonchev–Trinajstić information content (AvgIpc) is 2.94. The van der Waals surface area contributed by atoms with E-state index in [0.717, 1.165) is 11.1 Å². The lowest BCUT2D eigenvalue weighted by Gasteiger charge is -2.06. The lowest BCUT2D eigenvalue weighted by Crippen LogP contribution is -2.22. The molecule has 1 atom stereocenters. The second-order valence-electron chi connectivity index (χ2n) is 5.70. The summed E-state index contributed by atoms with van der Waals surface area (Å²) in [4.78, 5) is 17.8.